The average Bonchev–Trinajstić information content (AvgIpc) is 3.23. The number of nitriles is 1. The third-order valence-electron chi connectivity index (χ3n) is 6.48. The molecule has 0 radical (unpaired) electrons. The lowest BCUT2D eigenvalue weighted by Gasteiger charge is -2.37. The maximum Gasteiger partial charge on any atom is 0.256 e. The van der Waals surface area contributed by atoms with E-state index in [-0.39, 0.29) is 11.7 Å². The van der Waals surface area contributed by atoms with Gasteiger partial charge in [0.1, 0.15) is 5.82 Å². The van der Waals surface area contributed by atoms with E-state index in [0.717, 1.165) is 25.1 Å². The van der Waals surface area contributed by atoms with Crippen molar-refractivity contribution in [3.8, 4) is 6.07 Å². The Morgan fingerprint density at radius 1 is 1.03 bits per heavy atom. The summed E-state index contributed by atoms with van der Waals surface area (Å²) in [6, 6.07) is 12.4. The Bertz CT molecular complexity index is 1090. The van der Waals surface area contributed by atoms with Crippen LogP contribution in [0.3, 0.4) is 0 Å². The standard InChI is InChI=1S/C25H27FN4O2/c1-17-4-3-9-30(17)23-7-5-19(16-27)14-21(23)25(32)29-12-10-28(11-13-29)24-8-6-20(18(2)31)15-22(24)26/h5-8,14-15,17H,3-4,9-13H2,1-2H3. The molecule has 1 unspecified atom stereocenters. The first-order valence-electron chi connectivity index (χ1n) is 11.0. The van der Waals surface area contributed by atoms with E-state index < -0.39 is 5.82 Å². The van der Waals surface area contributed by atoms with Crippen molar-refractivity contribution in [2.24, 2.45) is 0 Å². The number of ketones is 1. The first-order valence-corrected chi connectivity index (χ1v) is 11.0. The summed E-state index contributed by atoms with van der Waals surface area (Å²) in [4.78, 5) is 30.8. The van der Waals surface area contributed by atoms with Gasteiger partial charge in [-0.25, -0.2) is 4.39 Å². The van der Waals surface area contributed by atoms with Crippen LogP contribution < -0.4 is 9.80 Å². The SMILES string of the molecule is CC(=O)c1ccc(N2CCN(C(=O)c3cc(C#N)ccc3N3CCCC3C)CC2)c(F)c1. The van der Waals surface area contributed by atoms with Crippen LogP contribution in [0.25, 0.3) is 0 Å². The molecule has 0 bridgehead atoms. The minimum absolute atomic E-state index is 0.0942. The van der Waals surface area contributed by atoms with Crippen molar-refractivity contribution in [3.63, 3.8) is 0 Å². The molecule has 0 saturated carbocycles. The molecule has 6 nitrogen and oxygen atoms in total. The van der Waals surface area contributed by atoms with Crippen molar-refractivity contribution < 1.29 is 14.0 Å². The molecule has 2 heterocycles. The Morgan fingerprint density at radius 3 is 2.34 bits per heavy atom. The first-order chi connectivity index (χ1) is 15.4. The van der Waals surface area contributed by atoms with Crippen LogP contribution in [-0.4, -0.2) is 55.4 Å². The van der Waals surface area contributed by atoms with Crippen molar-refractivity contribution in [2.45, 2.75) is 32.7 Å². The molecule has 2 fully saturated rings. The molecular weight excluding hydrogens is 407 g/mol. The molecule has 166 valence electrons. The lowest BCUT2D eigenvalue weighted by atomic mass is 10.1. The van der Waals surface area contributed by atoms with Gasteiger partial charge in [0.15, 0.2) is 5.78 Å². The zero-order chi connectivity index (χ0) is 22.8. The largest absolute Gasteiger partial charge is 0.368 e. The Hall–Kier alpha value is -3.40. The predicted octanol–water partition coefficient (Wildman–Crippen LogP) is 3.85. The first kappa shape index (κ1) is 21.8. The van der Waals surface area contributed by atoms with E-state index in [2.05, 4.69) is 17.9 Å². The van der Waals surface area contributed by atoms with Crippen LogP contribution in [0, 0.1) is 17.1 Å². The maximum atomic E-state index is 14.6. The second kappa shape index (κ2) is 8.99. The van der Waals surface area contributed by atoms with E-state index in [1.165, 1.54) is 13.0 Å². The van der Waals surface area contributed by atoms with Crippen molar-refractivity contribution in [1.29, 1.82) is 5.26 Å². The molecule has 0 aliphatic carbocycles. The highest BCUT2D eigenvalue weighted by molar-refractivity contribution is 6.00. The summed E-state index contributed by atoms with van der Waals surface area (Å²) in [5.74, 6) is -0.693. The van der Waals surface area contributed by atoms with Crippen LogP contribution >= 0.6 is 0 Å². The number of halogens is 1. The van der Waals surface area contributed by atoms with E-state index in [0.29, 0.717) is 54.6 Å². The highest BCUT2D eigenvalue weighted by Gasteiger charge is 2.29. The van der Waals surface area contributed by atoms with E-state index in [1.807, 2.05) is 11.0 Å². The van der Waals surface area contributed by atoms with Crippen molar-refractivity contribution >= 4 is 23.1 Å². The summed E-state index contributed by atoms with van der Waals surface area (Å²) in [6.45, 7) is 6.38. The van der Waals surface area contributed by atoms with Gasteiger partial charge in [-0.05, 0) is 63.1 Å². The molecule has 0 N–H and O–H groups in total. The van der Waals surface area contributed by atoms with E-state index in [9.17, 15) is 19.2 Å². The normalized spacial score (nSPS) is 18.6. The third kappa shape index (κ3) is 4.18. The number of Topliss-reactive ketones (excluding diaryl/α,β-unsaturated/α-hetero) is 1. The number of carbonyl (C=O) groups is 2. The number of hydrogen-bond acceptors (Lipinski definition) is 5. The zero-order valence-electron chi connectivity index (χ0n) is 18.5. The van der Waals surface area contributed by atoms with E-state index in [1.54, 1.807) is 29.2 Å². The quantitative estimate of drug-likeness (QED) is 0.684. The lowest BCUT2D eigenvalue weighted by molar-refractivity contribution is 0.0747. The molecule has 1 amide bonds. The number of anilines is 2. The molecular formula is C25H27FN4O2. The van der Waals surface area contributed by atoms with E-state index >= 15 is 0 Å². The van der Waals surface area contributed by atoms with Crippen LogP contribution in [0.1, 0.15) is 53.0 Å². The van der Waals surface area contributed by atoms with Gasteiger partial charge < -0.3 is 14.7 Å². The molecule has 1 atom stereocenters. The average molecular weight is 435 g/mol. The van der Waals surface area contributed by atoms with Gasteiger partial charge in [-0.15, -0.1) is 0 Å². The number of benzene rings is 2. The summed E-state index contributed by atoms with van der Waals surface area (Å²) in [5.41, 5.74) is 2.70. The smallest absolute Gasteiger partial charge is 0.256 e. The maximum absolute atomic E-state index is 14.6. The van der Waals surface area contributed by atoms with Crippen LogP contribution in [-0.2, 0) is 0 Å². The monoisotopic (exact) mass is 434 g/mol. The summed E-state index contributed by atoms with van der Waals surface area (Å²) in [7, 11) is 0. The number of nitrogens with zero attached hydrogens (tertiary/aromatic N) is 4. The highest BCUT2D eigenvalue weighted by Crippen LogP contribution is 2.31. The molecule has 2 saturated heterocycles. The van der Waals surface area contributed by atoms with Gasteiger partial charge in [-0.3, -0.25) is 9.59 Å². The molecule has 2 aromatic carbocycles. The van der Waals surface area contributed by atoms with E-state index in [4.69, 9.17) is 0 Å². The fourth-order valence-electron chi connectivity index (χ4n) is 4.62. The Balaban J connectivity index is 1.52. The minimum Gasteiger partial charge on any atom is -0.368 e. The Labute approximate surface area is 187 Å². The van der Waals surface area contributed by atoms with Crippen LogP contribution in [0.4, 0.5) is 15.8 Å². The fraction of sp³-hybridized carbons (Fsp3) is 0.400. The number of carbonyl (C=O) groups excluding carboxylic acids is 2. The second-order valence-corrected chi connectivity index (χ2v) is 8.53. The molecule has 2 aliphatic rings. The predicted molar refractivity (Wildman–Crippen MR) is 122 cm³/mol. The molecule has 32 heavy (non-hydrogen) atoms. The summed E-state index contributed by atoms with van der Waals surface area (Å²) >= 11 is 0. The zero-order valence-corrected chi connectivity index (χ0v) is 18.5. The fourth-order valence-corrected chi connectivity index (χ4v) is 4.62. The highest BCUT2D eigenvalue weighted by atomic mass is 19.1. The van der Waals surface area contributed by atoms with Crippen LogP contribution in [0.2, 0.25) is 0 Å². The van der Waals surface area contributed by atoms with Crippen LogP contribution in [0.5, 0.6) is 0 Å². The summed E-state index contributed by atoms with van der Waals surface area (Å²) in [5, 5.41) is 9.35. The Morgan fingerprint density at radius 2 is 1.75 bits per heavy atom. The van der Waals surface area contributed by atoms with Gasteiger partial charge in [-0.2, -0.15) is 5.26 Å². The van der Waals surface area contributed by atoms with Crippen molar-refractivity contribution in [3.05, 3.63) is 58.9 Å². The summed E-state index contributed by atoms with van der Waals surface area (Å²) < 4.78 is 14.6. The van der Waals surface area contributed by atoms with Crippen molar-refractivity contribution in [1.82, 2.24) is 4.90 Å². The number of hydrogen-bond donors (Lipinski definition) is 0. The minimum atomic E-state index is -0.426. The van der Waals surface area contributed by atoms with Gasteiger partial charge >= 0.3 is 0 Å². The topological polar surface area (TPSA) is 67.6 Å². The number of amides is 1. The number of piperazine rings is 1. The molecule has 2 aliphatic heterocycles. The second-order valence-electron chi connectivity index (χ2n) is 8.53. The number of rotatable bonds is 4. The van der Waals surface area contributed by atoms with Crippen LogP contribution in [0.15, 0.2) is 36.4 Å². The van der Waals surface area contributed by atoms with Gasteiger partial charge in [0.05, 0.1) is 22.9 Å². The van der Waals surface area contributed by atoms with Gasteiger partial charge in [0, 0.05) is 50.0 Å². The molecule has 4 rings (SSSR count). The van der Waals surface area contributed by atoms with Crippen molar-refractivity contribution in [2.75, 3.05) is 42.5 Å². The van der Waals surface area contributed by atoms with Gasteiger partial charge in [0.2, 0.25) is 0 Å². The lowest BCUT2D eigenvalue weighted by Crippen LogP contribution is -2.49. The summed E-state index contributed by atoms with van der Waals surface area (Å²) in [6.07, 6.45) is 2.17. The molecule has 7 heteroatoms. The molecule has 2 aromatic rings. The van der Waals surface area contributed by atoms with Gasteiger partial charge in [0.25, 0.3) is 5.91 Å². The Kier molecular flexibility index (Phi) is 6.13. The third-order valence-corrected chi connectivity index (χ3v) is 6.48. The molecule has 0 spiro atoms. The molecule has 0 aromatic heterocycles. The van der Waals surface area contributed by atoms with Gasteiger partial charge in [-0.1, -0.05) is 0 Å².